The van der Waals surface area contributed by atoms with Crippen molar-refractivity contribution in [3.05, 3.63) is 58.6 Å². The number of halogens is 1. The second-order valence-corrected chi connectivity index (χ2v) is 5.69. The molecule has 0 fully saturated rings. The lowest BCUT2D eigenvalue weighted by molar-refractivity contribution is -0.136. The van der Waals surface area contributed by atoms with Gasteiger partial charge in [0.25, 0.3) is 0 Å². The summed E-state index contributed by atoms with van der Waals surface area (Å²) in [6, 6.07) is 12.4. The summed E-state index contributed by atoms with van der Waals surface area (Å²) in [5.74, 6) is -1.07. The second kappa shape index (κ2) is 9.58. The maximum absolute atomic E-state index is 12.0. The normalized spacial score (nSPS) is 10.6. The number of carbonyl (C=O) groups is 2. The number of hydrazone groups is 1. The van der Waals surface area contributed by atoms with Gasteiger partial charge in [0.15, 0.2) is 0 Å². The summed E-state index contributed by atoms with van der Waals surface area (Å²) in [5, 5.41) is 6.80. The molecule has 2 amide bonds. The minimum atomic E-state index is -0.857. The van der Waals surface area contributed by atoms with E-state index in [9.17, 15) is 9.59 Å². The van der Waals surface area contributed by atoms with Crippen LogP contribution in [-0.2, 0) is 16.0 Å². The first-order valence-corrected chi connectivity index (χ1v) is 8.57. The van der Waals surface area contributed by atoms with E-state index in [1.807, 2.05) is 26.0 Å². The number of anilines is 1. The first-order chi connectivity index (χ1) is 12.5. The van der Waals surface area contributed by atoms with E-state index in [1.165, 1.54) is 6.21 Å². The van der Waals surface area contributed by atoms with E-state index in [0.29, 0.717) is 28.6 Å². The van der Waals surface area contributed by atoms with E-state index in [-0.39, 0.29) is 0 Å². The molecule has 2 aromatic carbocycles. The number of aryl methyl sites for hydroxylation is 1. The average Bonchev–Trinajstić information content (AvgIpc) is 2.64. The van der Waals surface area contributed by atoms with Crippen LogP contribution in [0.4, 0.5) is 5.69 Å². The molecule has 0 radical (unpaired) electrons. The van der Waals surface area contributed by atoms with Crippen LogP contribution in [0.5, 0.6) is 5.75 Å². The lowest BCUT2D eigenvalue weighted by Gasteiger charge is -2.08. The van der Waals surface area contributed by atoms with Gasteiger partial charge >= 0.3 is 11.8 Å². The number of nitrogens with one attached hydrogen (secondary N) is 2. The molecule has 0 aromatic heterocycles. The van der Waals surface area contributed by atoms with E-state index in [1.54, 1.807) is 30.3 Å². The first kappa shape index (κ1) is 19.5. The highest BCUT2D eigenvalue weighted by molar-refractivity contribution is 6.39. The zero-order chi connectivity index (χ0) is 18.9. The Hall–Kier alpha value is -2.86. The molecule has 0 aliphatic carbocycles. The summed E-state index contributed by atoms with van der Waals surface area (Å²) in [5.41, 5.74) is 4.41. The zero-order valence-electron chi connectivity index (χ0n) is 14.6. The van der Waals surface area contributed by atoms with Gasteiger partial charge in [0, 0.05) is 5.69 Å². The molecule has 2 N–H and O–H groups in total. The summed E-state index contributed by atoms with van der Waals surface area (Å²) in [6.45, 7) is 4.35. The van der Waals surface area contributed by atoms with E-state index >= 15 is 0 Å². The number of ether oxygens (including phenoxy) is 1. The van der Waals surface area contributed by atoms with Crippen molar-refractivity contribution in [3.8, 4) is 5.75 Å². The highest BCUT2D eigenvalue weighted by atomic mass is 35.5. The number of benzene rings is 2. The second-order valence-electron chi connectivity index (χ2n) is 5.29. The maximum Gasteiger partial charge on any atom is 0.329 e. The van der Waals surface area contributed by atoms with Crippen molar-refractivity contribution in [2.75, 3.05) is 11.9 Å². The Morgan fingerprint density at radius 3 is 2.62 bits per heavy atom. The van der Waals surface area contributed by atoms with Crippen molar-refractivity contribution >= 4 is 35.3 Å². The minimum absolute atomic E-state index is 0.441. The fourth-order valence-corrected chi connectivity index (χ4v) is 2.46. The SMILES string of the molecule is CCOc1ccc(/C=N\NC(=O)C(=O)Nc2ccccc2CC)cc1Cl. The van der Waals surface area contributed by atoms with Crippen molar-refractivity contribution in [3.63, 3.8) is 0 Å². The number of carbonyl (C=O) groups excluding carboxylic acids is 2. The van der Waals surface area contributed by atoms with Crippen molar-refractivity contribution in [1.29, 1.82) is 0 Å². The van der Waals surface area contributed by atoms with Gasteiger partial charge in [-0.2, -0.15) is 5.10 Å². The Morgan fingerprint density at radius 1 is 1.15 bits per heavy atom. The van der Waals surface area contributed by atoms with Crippen molar-refractivity contribution in [2.24, 2.45) is 5.10 Å². The molecule has 7 heteroatoms. The molecule has 0 bridgehead atoms. The van der Waals surface area contributed by atoms with Crippen LogP contribution in [-0.4, -0.2) is 24.6 Å². The highest BCUT2D eigenvalue weighted by Crippen LogP contribution is 2.24. The molecule has 0 saturated heterocycles. The largest absolute Gasteiger partial charge is 0.492 e. The Labute approximate surface area is 157 Å². The molecule has 0 spiro atoms. The lowest BCUT2D eigenvalue weighted by atomic mass is 10.1. The van der Waals surface area contributed by atoms with Crippen molar-refractivity contribution in [2.45, 2.75) is 20.3 Å². The van der Waals surface area contributed by atoms with Gasteiger partial charge in [0.05, 0.1) is 17.8 Å². The van der Waals surface area contributed by atoms with Crippen molar-refractivity contribution in [1.82, 2.24) is 5.43 Å². The van der Waals surface area contributed by atoms with Gasteiger partial charge in [-0.15, -0.1) is 0 Å². The third-order valence-corrected chi connectivity index (χ3v) is 3.78. The Kier molecular flexibility index (Phi) is 7.17. The number of hydrogen-bond donors (Lipinski definition) is 2. The number of hydrogen-bond acceptors (Lipinski definition) is 4. The molecule has 2 aromatic rings. The third kappa shape index (κ3) is 5.32. The Bertz CT molecular complexity index is 821. The summed E-state index contributed by atoms with van der Waals surface area (Å²) < 4.78 is 5.34. The molecule has 0 heterocycles. The van der Waals surface area contributed by atoms with Crippen LogP contribution < -0.4 is 15.5 Å². The molecule has 0 unspecified atom stereocenters. The quantitative estimate of drug-likeness (QED) is 0.462. The highest BCUT2D eigenvalue weighted by Gasteiger charge is 2.14. The monoisotopic (exact) mass is 373 g/mol. The van der Waals surface area contributed by atoms with Gasteiger partial charge in [-0.05, 0) is 48.7 Å². The van der Waals surface area contributed by atoms with E-state index in [4.69, 9.17) is 16.3 Å². The topological polar surface area (TPSA) is 79.8 Å². The van der Waals surface area contributed by atoms with Crippen LogP contribution in [0, 0.1) is 0 Å². The van der Waals surface area contributed by atoms with Crippen LogP contribution in [0.25, 0.3) is 0 Å². The average molecular weight is 374 g/mol. The summed E-state index contributed by atoms with van der Waals surface area (Å²) >= 11 is 6.08. The molecular weight excluding hydrogens is 354 g/mol. The molecule has 6 nitrogen and oxygen atoms in total. The molecule has 0 aliphatic rings. The van der Waals surface area contributed by atoms with Gasteiger partial charge in [0.1, 0.15) is 5.75 Å². The Balaban J connectivity index is 1.94. The van der Waals surface area contributed by atoms with E-state index in [2.05, 4.69) is 15.8 Å². The number of amides is 2. The maximum atomic E-state index is 12.0. The van der Waals surface area contributed by atoms with Gasteiger partial charge in [-0.3, -0.25) is 9.59 Å². The van der Waals surface area contributed by atoms with Crippen molar-refractivity contribution < 1.29 is 14.3 Å². The van der Waals surface area contributed by atoms with Gasteiger partial charge < -0.3 is 10.1 Å². The minimum Gasteiger partial charge on any atom is -0.492 e. The van der Waals surface area contributed by atoms with Gasteiger partial charge in [-0.1, -0.05) is 36.7 Å². The number of para-hydroxylation sites is 1. The molecular formula is C19H20ClN3O3. The number of nitrogens with zero attached hydrogens (tertiary/aromatic N) is 1. The summed E-state index contributed by atoms with van der Waals surface area (Å²) in [7, 11) is 0. The molecule has 0 aliphatic heterocycles. The molecule has 0 atom stereocenters. The fraction of sp³-hybridized carbons (Fsp3) is 0.211. The van der Waals surface area contributed by atoms with E-state index < -0.39 is 11.8 Å². The predicted molar refractivity (Wildman–Crippen MR) is 103 cm³/mol. The van der Waals surface area contributed by atoms with Gasteiger partial charge in [-0.25, -0.2) is 5.43 Å². The standard InChI is InChI=1S/C19H20ClN3O3/c1-3-14-7-5-6-8-16(14)22-18(24)19(25)23-21-12-13-9-10-17(26-4-2)15(20)11-13/h5-12H,3-4H2,1-2H3,(H,22,24)(H,23,25)/b21-12-. The van der Waals surface area contributed by atoms with Crippen LogP contribution in [0.3, 0.4) is 0 Å². The summed E-state index contributed by atoms with van der Waals surface area (Å²) in [4.78, 5) is 23.8. The van der Waals surface area contributed by atoms with E-state index in [0.717, 1.165) is 12.0 Å². The summed E-state index contributed by atoms with van der Waals surface area (Å²) in [6.07, 6.45) is 2.14. The van der Waals surface area contributed by atoms with Crippen LogP contribution in [0.2, 0.25) is 5.02 Å². The van der Waals surface area contributed by atoms with Crippen LogP contribution in [0.1, 0.15) is 25.0 Å². The predicted octanol–water partition coefficient (Wildman–Crippen LogP) is 3.39. The third-order valence-electron chi connectivity index (χ3n) is 3.49. The molecule has 26 heavy (non-hydrogen) atoms. The molecule has 0 saturated carbocycles. The zero-order valence-corrected chi connectivity index (χ0v) is 15.3. The smallest absolute Gasteiger partial charge is 0.329 e. The van der Waals surface area contributed by atoms with Crippen LogP contribution >= 0.6 is 11.6 Å². The lowest BCUT2D eigenvalue weighted by Crippen LogP contribution is -2.32. The Morgan fingerprint density at radius 2 is 1.92 bits per heavy atom. The molecule has 2 rings (SSSR count). The molecule has 136 valence electrons. The van der Waals surface area contributed by atoms with Gasteiger partial charge in [0.2, 0.25) is 0 Å². The fourth-order valence-electron chi connectivity index (χ4n) is 2.22. The first-order valence-electron chi connectivity index (χ1n) is 8.19. The van der Waals surface area contributed by atoms with Crippen LogP contribution in [0.15, 0.2) is 47.6 Å². The number of rotatable bonds is 6.